The predicted molar refractivity (Wildman–Crippen MR) is 122 cm³/mol. The number of hydrogen-bond acceptors (Lipinski definition) is 3. The molecule has 4 rings (SSSR count). The van der Waals surface area contributed by atoms with Gasteiger partial charge in [0.1, 0.15) is 12.2 Å². The number of carbonyl (C=O) groups is 2. The van der Waals surface area contributed by atoms with Crippen molar-refractivity contribution in [3.63, 3.8) is 0 Å². The highest BCUT2D eigenvalue weighted by atomic mass is 35.5. The lowest BCUT2D eigenvalue weighted by Gasteiger charge is -2.34. The van der Waals surface area contributed by atoms with Gasteiger partial charge in [0.05, 0.1) is 11.7 Å². The number of amides is 2. The van der Waals surface area contributed by atoms with E-state index < -0.39 is 0 Å². The second-order valence-electron chi connectivity index (χ2n) is 8.78. The van der Waals surface area contributed by atoms with Crippen LogP contribution in [-0.2, 0) is 4.79 Å². The molecule has 166 valence electrons. The first kappa shape index (κ1) is 21.9. The van der Waals surface area contributed by atoms with Gasteiger partial charge in [-0.1, -0.05) is 49.9 Å². The first-order valence-corrected chi connectivity index (χ1v) is 11.8. The molecule has 0 radical (unpaired) electrons. The number of hydrogen-bond donors (Lipinski definition) is 0. The van der Waals surface area contributed by atoms with Crippen LogP contribution in [0.2, 0.25) is 5.02 Å². The van der Waals surface area contributed by atoms with Gasteiger partial charge in [0.25, 0.3) is 5.91 Å². The maximum atomic E-state index is 13.3. The van der Waals surface area contributed by atoms with Crippen LogP contribution in [0.25, 0.3) is 11.3 Å². The Bertz CT molecular complexity index is 940. The van der Waals surface area contributed by atoms with E-state index in [1.54, 1.807) is 4.90 Å². The molecule has 0 N–H and O–H groups in total. The van der Waals surface area contributed by atoms with E-state index in [0.29, 0.717) is 17.3 Å². The van der Waals surface area contributed by atoms with Crippen LogP contribution in [0.15, 0.2) is 30.3 Å². The van der Waals surface area contributed by atoms with Gasteiger partial charge >= 0.3 is 0 Å². The highest BCUT2D eigenvalue weighted by molar-refractivity contribution is 6.30. The van der Waals surface area contributed by atoms with E-state index in [1.165, 1.54) is 0 Å². The summed E-state index contributed by atoms with van der Waals surface area (Å²) in [5.41, 5.74) is 2.27. The number of likely N-dealkylation sites (tertiary alicyclic amines) is 1. The molecule has 1 saturated heterocycles. The first-order chi connectivity index (χ1) is 15.0. The minimum absolute atomic E-state index is 0.0524. The number of nitrogens with zero attached hydrogens (tertiary/aromatic N) is 4. The van der Waals surface area contributed by atoms with E-state index in [0.717, 1.165) is 56.3 Å². The third-order valence-electron chi connectivity index (χ3n) is 6.50. The molecule has 0 bridgehead atoms. The zero-order valence-electron chi connectivity index (χ0n) is 18.4. The van der Waals surface area contributed by atoms with Crippen molar-refractivity contribution >= 4 is 23.4 Å². The average molecular weight is 443 g/mol. The van der Waals surface area contributed by atoms with E-state index in [1.807, 2.05) is 39.9 Å². The van der Waals surface area contributed by atoms with Gasteiger partial charge in [0.2, 0.25) is 5.91 Å². The third kappa shape index (κ3) is 4.64. The van der Waals surface area contributed by atoms with Gasteiger partial charge in [-0.2, -0.15) is 5.10 Å². The second kappa shape index (κ2) is 9.43. The lowest BCUT2D eigenvalue weighted by atomic mass is 10.0. The summed E-state index contributed by atoms with van der Waals surface area (Å²) in [6, 6.07) is 9.70. The molecule has 2 atom stereocenters. The van der Waals surface area contributed by atoms with Crippen LogP contribution in [0.3, 0.4) is 0 Å². The Kier molecular flexibility index (Phi) is 6.65. The normalized spacial score (nSPS) is 20.9. The molecular formula is C24H31ClN4O2. The summed E-state index contributed by atoms with van der Waals surface area (Å²) in [7, 11) is 0. The van der Waals surface area contributed by atoms with Crippen LogP contribution >= 0.6 is 11.6 Å². The molecule has 3 heterocycles. The summed E-state index contributed by atoms with van der Waals surface area (Å²) < 4.78 is 1.89. The van der Waals surface area contributed by atoms with Gasteiger partial charge in [-0.05, 0) is 44.4 Å². The van der Waals surface area contributed by atoms with Crippen molar-refractivity contribution in [3.05, 3.63) is 41.0 Å². The number of benzene rings is 1. The Balaban J connectivity index is 1.59. The van der Waals surface area contributed by atoms with E-state index >= 15 is 0 Å². The quantitative estimate of drug-likeness (QED) is 0.579. The molecule has 1 aromatic carbocycles. The Morgan fingerprint density at radius 1 is 1.23 bits per heavy atom. The zero-order valence-corrected chi connectivity index (χ0v) is 19.1. The molecule has 1 unspecified atom stereocenters. The van der Waals surface area contributed by atoms with E-state index in [9.17, 15) is 9.59 Å². The van der Waals surface area contributed by atoms with Gasteiger partial charge in [-0.3, -0.25) is 14.3 Å². The third-order valence-corrected chi connectivity index (χ3v) is 6.75. The number of halogens is 1. The summed E-state index contributed by atoms with van der Waals surface area (Å²) in [4.78, 5) is 29.9. The van der Waals surface area contributed by atoms with Crippen LogP contribution in [0.5, 0.6) is 0 Å². The van der Waals surface area contributed by atoms with Crippen molar-refractivity contribution in [2.75, 3.05) is 19.6 Å². The van der Waals surface area contributed by atoms with Crippen molar-refractivity contribution in [1.82, 2.24) is 19.6 Å². The fourth-order valence-electron chi connectivity index (χ4n) is 4.71. The molecule has 2 aliphatic rings. The Morgan fingerprint density at radius 3 is 2.68 bits per heavy atom. The number of carbonyl (C=O) groups excluding carboxylic acids is 2. The van der Waals surface area contributed by atoms with Crippen LogP contribution in [0.4, 0.5) is 0 Å². The maximum Gasteiger partial charge on any atom is 0.272 e. The lowest BCUT2D eigenvalue weighted by Crippen LogP contribution is -2.49. The molecule has 1 fully saturated rings. The molecule has 0 saturated carbocycles. The van der Waals surface area contributed by atoms with E-state index in [2.05, 4.69) is 13.8 Å². The lowest BCUT2D eigenvalue weighted by molar-refractivity contribution is -0.132. The van der Waals surface area contributed by atoms with Crippen LogP contribution in [-0.4, -0.2) is 57.1 Å². The fraction of sp³-hybridized carbons (Fsp3) is 0.542. The molecule has 1 aromatic heterocycles. The molecule has 31 heavy (non-hydrogen) atoms. The largest absolute Gasteiger partial charge is 0.338 e. The molecule has 2 aliphatic heterocycles. The molecule has 0 spiro atoms. The SMILES string of the molecule is CCCCCC1CN(CC(=O)N2CCC[C@H]2C)C(=O)c2cc(-c3ccc(Cl)cc3)nn21. The van der Waals surface area contributed by atoms with E-state index in [4.69, 9.17) is 16.7 Å². The smallest absolute Gasteiger partial charge is 0.272 e. The molecular weight excluding hydrogens is 412 g/mol. The highest BCUT2D eigenvalue weighted by Gasteiger charge is 2.35. The average Bonchev–Trinajstić information content (AvgIpc) is 3.39. The van der Waals surface area contributed by atoms with Gasteiger partial charge in [0, 0.05) is 29.7 Å². The van der Waals surface area contributed by atoms with Crippen molar-refractivity contribution in [2.24, 2.45) is 0 Å². The van der Waals surface area contributed by atoms with Crippen LogP contribution < -0.4 is 0 Å². The van der Waals surface area contributed by atoms with Crippen molar-refractivity contribution in [2.45, 2.75) is 64.5 Å². The summed E-state index contributed by atoms with van der Waals surface area (Å²) in [6.45, 7) is 5.75. The summed E-state index contributed by atoms with van der Waals surface area (Å²) in [5, 5.41) is 5.46. The van der Waals surface area contributed by atoms with E-state index in [-0.39, 0.29) is 30.4 Å². The minimum atomic E-state index is -0.111. The van der Waals surface area contributed by atoms with Crippen molar-refractivity contribution in [3.8, 4) is 11.3 Å². The molecule has 0 aliphatic carbocycles. The summed E-state index contributed by atoms with van der Waals surface area (Å²) >= 11 is 6.03. The monoisotopic (exact) mass is 442 g/mol. The zero-order chi connectivity index (χ0) is 22.0. The number of fused-ring (bicyclic) bond motifs is 1. The number of unbranched alkanes of at least 4 members (excludes halogenated alkanes) is 2. The van der Waals surface area contributed by atoms with Gasteiger partial charge in [-0.25, -0.2) is 0 Å². The van der Waals surface area contributed by atoms with Gasteiger partial charge < -0.3 is 9.80 Å². The Labute approximate surface area is 189 Å². The summed E-state index contributed by atoms with van der Waals surface area (Å²) in [5.74, 6) is -0.0591. The van der Waals surface area contributed by atoms with Gasteiger partial charge in [-0.15, -0.1) is 0 Å². The topological polar surface area (TPSA) is 58.4 Å². The number of rotatable bonds is 7. The van der Waals surface area contributed by atoms with Crippen molar-refractivity contribution in [1.29, 1.82) is 0 Å². The first-order valence-electron chi connectivity index (χ1n) is 11.4. The van der Waals surface area contributed by atoms with Gasteiger partial charge in [0.15, 0.2) is 0 Å². The summed E-state index contributed by atoms with van der Waals surface area (Å²) in [6.07, 6.45) is 6.39. The fourth-order valence-corrected chi connectivity index (χ4v) is 4.83. The number of aromatic nitrogens is 2. The minimum Gasteiger partial charge on any atom is -0.338 e. The van der Waals surface area contributed by atoms with Crippen molar-refractivity contribution < 1.29 is 9.59 Å². The van der Waals surface area contributed by atoms with Crippen LogP contribution in [0, 0.1) is 0 Å². The molecule has 2 aromatic rings. The Morgan fingerprint density at radius 2 is 2.00 bits per heavy atom. The Hall–Kier alpha value is -2.34. The molecule has 6 nitrogen and oxygen atoms in total. The standard InChI is InChI=1S/C24H31ClN4O2/c1-3-4-5-8-20-15-27(16-23(30)28-13-6-7-17(28)2)24(31)22-14-21(26-29(20)22)18-9-11-19(25)12-10-18/h9-12,14,17,20H,3-8,13,15-16H2,1-2H3/t17-,20?/m1/s1. The molecule has 2 amide bonds. The predicted octanol–water partition coefficient (Wildman–Crippen LogP) is 4.79. The van der Waals surface area contributed by atoms with Crippen LogP contribution in [0.1, 0.15) is 68.9 Å². The second-order valence-corrected chi connectivity index (χ2v) is 9.22. The maximum absolute atomic E-state index is 13.3. The molecule has 7 heteroatoms. The highest BCUT2D eigenvalue weighted by Crippen LogP contribution is 2.30.